The van der Waals surface area contributed by atoms with Crippen molar-refractivity contribution in [1.29, 1.82) is 0 Å². The van der Waals surface area contributed by atoms with Crippen molar-refractivity contribution in [2.75, 3.05) is 18.1 Å². The van der Waals surface area contributed by atoms with Gasteiger partial charge in [0.05, 0.1) is 0 Å². The van der Waals surface area contributed by atoms with Crippen molar-refractivity contribution in [3.8, 4) is 5.69 Å². The van der Waals surface area contributed by atoms with Crippen LogP contribution in [-0.4, -0.2) is 22.4 Å². The molecule has 88 valence electrons. The lowest BCUT2D eigenvalue weighted by Crippen LogP contribution is -2.05. The average molecular weight is 245 g/mol. The molecule has 0 aliphatic heterocycles. The van der Waals surface area contributed by atoms with Crippen molar-refractivity contribution in [3.05, 3.63) is 49.3 Å². The Hall–Kier alpha value is -1.68. The van der Waals surface area contributed by atoms with Crippen LogP contribution in [-0.2, 0) is 0 Å². The molecular formula is C13H15N3S. The van der Waals surface area contributed by atoms with E-state index in [4.69, 9.17) is 0 Å². The number of imidazole rings is 1. The first-order chi connectivity index (χ1) is 8.35. The Morgan fingerprint density at radius 1 is 1.41 bits per heavy atom. The van der Waals surface area contributed by atoms with Crippen molar-refractivity contribution in [2.24, 2.45) is 0 Å². The maximum Gasteiger partial charge on any atom is 0.207 e. The lowest BCUT2D eigenvalue weighted by molar-refractivity contribution is 1.04. The molecule has 0 fully saturated rings. The fourth-order valence-corrected chi connectivity index (χ4v) is 1.96. The topological polar surface area (TPSA) is 29.9 Å². The molecule has 1 N–H and O–H groups in total. The van der Waals surface area contributed by atoms with Crippen molar-refractivity contribution in [2.45, 2.75) is 4.90 Å². The van der Waals surface area contributed by atoms with Gasteiger partial charge in [0.1, 0.15) is 0 Å². The molecule has 4 heteroatoms. The maximum atomic E-state index is 4.27. The van der Waals surface area contributed by atoms with E-state index in [2.05, 4.69) is 47.4 Å². The average Bonchev–Trinajstić information content (AvgIpc) is 2.84. The van der Waals surface area contributed by atoms with Crippen LogP contribution in [0.2, 0.25) is 0 Å². The second-order valence-electron chi connectivity index (χ2n) is 3.49. The van der Waals surface area contributed by atoms with E-state index in [0.717, 1.165) is 11.6 Å². The summed E-state index contributed by atoms with van der Waals surface area (Å²) in [7, 11) is 0. The molecule has 0 atom stereocenters. The number of thioether (sulfide) groups is 1. The van der Waals surface area contributed by atoms with E-state index in [1.807, 2.05) is 16.8 Å². The van der Waals surface area contributed by atoms with Gasteiger partial charge in [-0.05, 0) is 30.5 Å². The van der Waals surface area contributed by atoms with Gasteiger partial charge >= 0.3 is 0 Å². The zero-order valence-electron chi connectivity index (χ0n) is 9.76. The maximum absolute atomic E-state index is 4.27. The highest BCUT2D eigenvalue weighted by Crippen LogP contribution is 2.19. The van der Waals surface area contributed by atoms with Crippen LogP contribution < -0.4 is 5.32 Å². The molecule has 0 bridgehead atoms. The molecule has 1 aromatic carbocycles. The zero-order valence-corrected chi connectivity index (χ0v) is 10.6. The van der Waals surface area contributed by atoms with E-state index in [0.29, 0.717) is 6.54 Å². The van der Waals surface area contributed by atoms with Crippen LogP contribution in [0.25, 0.3) is 5.69 Å². The second-order valence-corrected chi connectivity index (χ2v) is 4.37. The molecule has 17 heavy (non-hydrogen) atoms. The Labute approximate surface area is 106 Å². The molecule has 2 rings (SSSR count). The van der Waals surface area contributed by atoms with Crippen LogP contribution >= 0.6 is 11.8 Å². The number of anilines is 1. The third-order valence-electron chi connectivity index (χ3n) is 2.40. The van der Waals surface area contributed by atoms with Crippen molar-refractivity contribution < 1.29 is 0 Å². The predicted molar refractivity (Wildman–Crippen MR) is 74.0 cm³/mol. The van der Waals surface area contributed by atoms with Crippen LogP contribution in [0, 0.1) is 0 Å². The molecule has 2 aromatic rings. The van der Waals surface area contributed by atoms with E-state index in [1.54, 1.807) is 18.0 Å². The standard InChI is InChI=1S/C13H15N3S/c1-3-8-14-13-15-9-10-16(13)11-4-6-12(17-2)7-5-11/h3-7,9-10H,1,8H2,2H3,(H,14,15). The third kappa shape index (κ3) is 2.71. The summed E-state index contributed by atoms with van der Waals surface area (Å²) in [5.41, 5.74) is 1.10. The number of hydrogen-bond acceptors (Lipinski definition) is 3. The molecule has 0 aliphatic carbocycles. The van der Waals surface area contributed by atoms with Gasteiger partial charge in [-0.15, -0.1) is 18.3 Å². The number of aromatic nitrogens is 2. The Morgan fingerprint density at radius 2 is 2.18 bits per heavy atom. The van der Waals surface area contributed by atoms with Crippen molar-refractivity contribution >= 4 is 17.7 Å². The van der Waals surface area contributed by atoms with Crippen LogP contribution in [0.5, 0.6) is 0 Å². The van der Waals surface area contributed by atoms with E-state index in [9.17, 15) is 0 Å². The van der Waals surface area contributed by atoms with Crippen LogP contribution in [0.15, 0.2) is 54.2 Å². The summed E-state index contributed by atoms with van der Waals surface area (Å²) in [5, 5.41) is 3.20. The molecule has 3 nitrogen and oxygen atoms in total. The van der Waals surface area contributed by atoms with E-state index in [-0.39, 0.29) is 0 Å². The summed E-state index contributed by atoms with van der Waals surface area (Å²) in [6, 6.07) is 8.40. The van der Waals surface area contributed by atoms with Gasteiger partial charge in [-0.1, -0.05) is 6.08 Å². The van der Waals surface area contributed by atoms with Crippen molar-refractivity contribution in [3.63, 3.8) is 0 Å². The predicted octanol–water partition coefficient (Wildman–Crippen LogP) is 3.19. The van der Waals surface area contributed by atoms with Gasteiger partial charge in [0.2, 0.25) is 5.95 Å². The van der Waals surface area contributed by atoms with Gasteiger partial charge in [0.25, 0.3) is 0 Å². The smallest absolute Gasteiger partial charge is 0.207 e. The number of hydrogen-bond donors (Lipinski definition) is 1. The third-order valence-corrected chi connectivity index (χ3v) is 3.14. The van der Waals surface area contributed by atoms with E-state index < -0.39 is 0 Å². The first-order valence-electron chi connectivity index (χ1n) is 5.37. The Balaban J connectivity index is 2.25. The minimum absolute atomic E-state index is 0.708. The fourth-order valence-electron chi connectivity index (χ4n) is 1.55. The summed E-state index contributed by atoms with van der Waals surface area (Å²) < 4.78 is 2.02. The zero-order chi connectivity index (χ0) is 12.1. The van der Waals surface area contributed by atoms with Crippen LogP contribution in [0.4, 0.5) is 5.95 Å². The minimum Gasteiger partial charge on any atom is -0.352 e. The largest absolute Gasteiger partial charge is 0.352 e. The molecule has 0 amide bonds. The molecule has 0 aliphatic rings. The van der Waals surface area contributed by atoms with E-state index in [1.165, 1.54) is 4.90 Å². The molecule has 1 aromatic heterocycles. The fraction of sp³-hybridized carbons (Fsp3) is 0.154. The number of benzene rings is 1. The first-order valence-corrected chi connectivity index (χ1v) is 6.60. The Morgan fingerprint density at radius 3 is 2.82 bits per heavy atom. The highest BCUT2D eigenvalue weighted by atomic mass is 32.2. The number of rotatable bonds is 5. The number of nitrogens with zero attached hydrogens (tertiary/aromatic N) is 2. The highest BCUT2D eigenvalue weighted by Gasteiger charge is 2.03. The molecule has 1 heterocycles. The summed E-state index contributed by atoms with van der Waals surface area (Å²) >= 11 is 1.74. The molecule has 0 saturated heterocycles. The monoisotopic (exact) mass is 245 g/mol. The van der Waals surface area contributed by atoms with Crippen molar-refractivity contribution in [1.82, 2.24) is 9.55 Å². The van der Waals surface area contributed by atoms with Gasteiger partial charge < -0.3 is 5.32 Å². The molecule has 0 radical (unpaired) electrons. The van der Waals surface area contributed by atoms with Gasteiger partial charge in [-0.25, -0.2) is 4.98 Å². The van der Waals surface area contributed by atoms with Gasteiger partial charge in [-0.3, -0.25) is 4.57 Å². The van der Waals surface area contributed by atoms with E-state index >= 15 is 0 Å². The first kappa shape index (κ1) is 11.8. The summed E-state index contributed by atoms with van der Waals surface area (Å²) in [5.74, 6) is 0.835. The normalized spacial score (nSPS) is 10.2. The minimum atomic E-state index is 0.708. The SMILES string of the molecule is C=CCNc1nccn1-c1ccc(SC)cc1. The Kier molecular flexibility index (Phi) is 3.88. The number of nitrogens with one attached hydrogen (secondary N) is 1. The second kappa shape index (κ2) is 5.59. The lowest BCUT2D eigenvalue weighted by atomic mass is 10.3. The molecular weight excluding hydrogens is 230 g/mol. The Bertz CT molecular complexity index is 488. The quantitative estimate of drug-likeness (QED) is 0.648. The summed E-state index contributed by atoms with van der Waals surface area (Å²) in [4.78, 5) is 5.53. The van der Waals surface area contributed by atoms with Gasteiger partial charge in [0.15, 0.2) is 0 Å². The van der Waals surface area contributed by atoms with Gasteiger partial charge in [0, 0.05) is 29.5 Å². The summed E-state index contributed by atoms with van der Waals surface area (Å²) in [6.07, 6.45) is 7.62. The summed E-state index contributed by atoms with van der Waals surface area (Å²) in [6.45, 7) is 4.39. The molecule has 0 saturated carbocycles. The molecule has 0 spiro atoms. The van der Waals surface area contributed by atoms with Crippen LogP contribution in [0.3, 0.4) is 0 Å². The molecule has 0 unspecified atom stereocenters. The van der Waals surface area contributed by atoms with Gasteiger partial charge in [-0.2, -0.15) is 0 Å². The highest BCUT2D eigenvalue weighted by molar-refractivity contribution is 7.98. The lowest BCUT2D eigenvalue weighted by Gasteiger charge is -2.08. The van der Waals surface area contributed by atoms with Crippen LogP contribution in [0.1, 0.15) is 0 Å².